The molecule has 0 radical (unpaired) electrons. The number of ketones is 1. The topological polar surface area (TPSA) is 43.4 Å². The molecule has 0 aromatic rings. The Kier molecular flexibility index (Phi) is 4.44. The SMILES string of the molecule is CC(=O)OC1CCC2(C)C3=CCC4(C)C(C(C)=O)=C(C)CC4C3CC[C@H]2C1. The van der Waals surface area contributed by atoms with Crippen molar-refractivity contribution in [2.24, 2.45) is 28.6 Å². The van der Waals surface area contributed by atoms with Crippen LogP contribution in [0.4, 0.5) is 0 Å². The highest BCUT2D eigenvalue weighted by molar-refractivity contribution is 5.96. The lowest BCUT2D eigenvalue weighted by Crippen LogP contribution is -2.48. The van der Waals surface area contributed by atoms with Crippen molar-refractivity contribution in [1.29, 1.82) is 0 Å². The molecular weight excluding hydrogens is 336 g/mol. The Bertz CT molecular complexity index is 745. The van der Waals surface area contributed by atoms with Gasteiger partial charge in [0.15, 0.2) is 5.78 Å². The van der Waals surface area contributed by atoms with Gasteiger partial charge in [0.2, 0.25) is 0 Å². The number of esters is 1. The average molecular weight is 371 g/mol. The molecule has 0 amide bonds. The lowest BCUT2D eigenvalue weighted by atomic mass is 9.48. The van der Waals surface area contributed by atoms with Crippen molar-refractivity contribution in [3.05, 3.63) is 22.8 Å². The lowest BCUT2D eigenvalue weighted by Gasteiger charge is -2.56. The predicted molar refractivity (Wildman–Crippen MR) is 106 cm³/mol. The highest BCUT2D eigenvalue weighted by atomic mass is 16.5. The molecule has 4 aliphatic carbocycles. The minimum Gasteiger partial charge on any atom is -0.463 e. The van der Waals surface area contributed by atoms with Gasteiger partial charge in [-0.2, -0.15) is 0 Å². The third kappa shape index (κ3) is 2.76. The number of allylic oxidation sites excluding steroid dienone is 4. The summed E-state index contributed by atoms with van der Waals surface area (Å²) < 4.78 is 5.56. The van der Waals surface area contributed by atoms with Gasteiger partial charge in [0.25, 0.3) is 0 Å². The van der Waals surface area contributed by atoms with Crippen LogP contribution in [0.25, 0.3) is 0 Å². The van der Waals surface area contributed by atoms with Gasteiger partial charge < -0.3 is 4.74 Å². The predicted octanol–water partition coefficient (Wildman–Crippen LogP) is 5.40. The van der Waals surface area contributed by atoms with E-state index in [1.165, 1.54) is 25.3 Å². The molecule has 3 heteroatoms. The zero-order valence-corrected chi connectivity index (χ0v) is 17.6. The molecule has 2 fully saturated rings. The number of carbonyl (C=O) groups excluding carboxylic acids is 2. The van der Waals surface area contributed by atoms with E-state index in [9.17, 15) is 9.59 Å². The van der Waals surface area contributed by atoms with Gasteiger partial charge in [0.05, 0.1) is 0 Å². The first-order valence-electron chi connectivity index (χ1n) is 10.8. The number of hydrogen-bond acceptors (Lipinski definition) is 3. The lowest BCUT2D eigenvalue weighted by molar-refractivity contribution is -0.151. The summed E-state index contributed by atoms with van der Waals surface area (Å²) in [7, 11) is 0. The Morgan fingerprint density at radius 1 is 1.11 bits per heavy atom. The first kappa shape index (κ1) is 19.0. The summed E-state index contributed by atoms with van der Waals surface area (Å²) in [6, 6.07) is 0. The van der Waals surface area contributed by atoms with E-state index in [4.69, 9.17) is 4.74 Å². The second-order valence-corrected chi connectivity index (χ2v) is 10.1. The molecule has 4 rings (SSSR count). The Labute approximate surface area is 163 Å². The number of hydrogen-bond donors (Lipinski definition) is 0. The minimum absolute atomic E-state index is 0.0300. The van der Waals surface area contributed by atoms with Gasteiger partial charge in [0, 0.05) is 17.9 Å². The third-order valence-corrected chi connectivity index (χ3v) is 8.58. The van der Waals surface area contributed by atoms with Gasteiger partial charge in [-0.3, -0.25) is 9.59 Å². The van der Waals surface area contributed by atoms with Crippen molar-refractivity contribution >= 4 is 11.8 Å². The van der Waals surface area contributed by atoms with Crippen molar-refractivity contribution in [3.8, 4) is 0 Å². The molecule has 5 unspecified atom stereocenters. The van der Waals surface area contributed by atoms with Crippen LogP contribution in [0.5, 0.6) is 0 Å². The number of Topliss-reactive ketones (excluding diaryl/α,β-unsaturated/α-hetero) is 1. The van der Waals surface area contributed by atoms with Gasteiger partial charge in [-0.1, -0.05) is 31.1 Å². The van der Waals surface area contributed by atoms with Crippen LogP contribution in [-0.4, -0.2) is 17.9 Å². The molecule has 0 heterocycles. The quantitative estimate of drug-likeness (QED) is 0.483. The van der Waals surface area contributed by atoms with Crippen LogP contribution in [0.3, 0.4) is 0 Å². The number of ether oxygens (including phenoxy) is 1. The van der Waals surface area contributed by atoms with E-state index in [0.717, 1.165) is 37.7 Å². The second kappa shape index (κ2) is 6.32. The van der Waals surface area contributed by atoms with E-state index in [1.807, 2.05) is 0 Å². The van der Waals surface area contributed by atoms with Gasteiger partial charge in [0.1, 0.15) is 6.10 Å². The fraction of sp³-hybridized carbons (Fsp3) is 0.750. The molecule has 0 N–H and O–H groups in total. The van der Waals surface area contributed by atoms with Crippen LogP contribution in [0, 0.1) is 28.6 Å². The summed E-state index contributed by atoms with van der Waals surface area (Å²) in [5, 5.41) is 0. The zero-order chi connectivity index (χ0) is 19.6. The maximum absolute atomic E-state index is 12.4. The molecule has 27 heavy (non-hydrogen) atoms. The van der Waals surface area contributed by atoms with Crippen molar-refractivity contribution in [1.82, 2.24) is 0 Å². The van der Waals surface area contributed by atoms with Crippen LogP contribution in [0.2, 0.25) is 0 Å². The Hall–Kier alpha value is -1.38. The summed E-state index contributed by atoms with van der Waals surface area (Å²) in [5.41, 5.74) is 4.39. The van der Waals surface area contributed by atoms with Gasteiger partial charge in [-0.25, -0.2) is 0 Å². The van der Waals surface area contributed by atoms with E-state index >= 15 is 0 Å². The Balaban J connectivity index is 1.62. The van der Waals surface area contributed by atoms with E-state index in [2.05, 4.69) is 26.8 Å². The number of rotatable bonds is 2. The largest absolute Gasteiger partial charge is 0.463 e. The first-order chi connectivity index (χ1) is 12.7. The molecule has 3 nitrogen and oxygen atoms in total. The summed E-state index contributed by atoms with van der Waals surface area (Å²) in [5.74, 6) is 1.94. The van der Waals surface area contributed by atoms with Crippen LogP contribution in [-0.2, 0) is 14.3 Å². The molecule has 4 aliphatic rings. The van der Waals surface area contributed by atoms with Crippen molar-refractivity contribution < 1.29 is 14.3 Å². The van der Waals surface area contributed by atoms with Gasteiger partial charge in [-0.05, 0) is 82.0 Å². The smallest absolute Gasteiger partial charge is 0.302 e. The van der Waals surface area contributed by atoms with E-state index in [-0.39, 0.29) is 28.7 Å². The molecular formula is C24H34O3. The molecule has 0 bridgehead atoms. The van der Waals surface area contributed by atoms with Gasteiger partial charge in [-0.15, -0.1) is 0 Å². The molecule has 0 saturated heterocycles. The van der Waals surface area contributed by atoms with E-state index in [0.29, 0.717) is 17.8 Å². The standard InChI is InChI=1S/C24H34O3/c1-14-12-21-19-7-6-17-13-18(27-16(3)26)8-10-23(17,4)20(19)9-11-24(21,5)22(14)15(2)25/h9,17-19,21H,6-8,10-13H2,1-5H3/t17-,18?,19?,21?,23?,24?/m0/s1. The highest BCUT2D eigenvalue weighted by Gasteiger charge is 2.56. The highest BCUT2D eigenvalue weighted by Crippen LogP contribution is 2.65. The van der Waals surface area contributed by atoms with Gasteiger partial charge >= 0.3 is 5.97 Å². The van der Waals surface area contributed by atoms with E-state index < -0.39 is 0 Å². The zero-order valence-electron chi connectivity index (χ0n) is 17.6. The third-order valence-electron chi connectivity index (χ3n) is 8.58. The van der Waals surface area contributed by atoms with Crippen molar-refractivity contribution in [2.75, 3.05) is 0 Å². The summed E-state index contributed by atoms with van der Waals surface area (Å²) >= 11 is 0. The fourth-order valence-corrected chi connectivity index (χ4v) is 7.48. The van der Waals surface area contributed by atoms with Crippen molar-refractivity contribution in [3.63, 3.8) is 0 Å². The molecule has 148 valence electrons. The van der Waals surface area contributed by atoms with Crippen LogP contribution >= 0.6 is 0 Å². The summed E-state index contributed by atoms with van der Waals surface area (Å²) in [4.78, 5) is 23.8. The Morgan fingerprint density at radius 3 is 2.52 bits per heavy atom. The maximum Gasteiger partial charge on any atom is 0.302 e. The fourth-order valence-electron chi connectivity index (χ4n) is 7.48. The first-order valence-corrected chi connectivity index (χ1v) is 10.8. The van der Waals surface area contributed by atoms with Crippen LogP contribution in [0.15, 0.2) is 22.8 Å². The van der Waals surface area contributed by atoms with E-state index in [1.54, 1.807) is 12.5 Å². The molecule has 2 saturated carbocycles. The Morgan fingerprint density at radius 2 is 1.85 bits per heavy atom. The normalized spacial score (nSPS) is 43.4. The monoisotopic (exact) mass is 370 g/mol. The minimum atomic E-state index is -0.144. The van der Waals surface area contributed by atoms with Crippen LogP contribution in [0.1, 0.15) is 79.6 Å². The molecule has 6 atom stereocenters. The van der Waals surface area contributed by atoms with Crippen LogP contribution < -0.4 is 0 Å². The second-order valence-electron chi connectivity index (χ2n) is 10.1. The number of fused-ring (bicyclic) bond motifs is 5. The molecule has 0 spiro atoms. The average Bonchev–Trinajstić information content (AvgIpc) is 2.85. The molecule has 0 aromatic carbocycles. The summed E-state index contributed by atoms with van der Waals surface area (Å²) in [6.45, 7) is 10.3. The molecule has 0 aromatic heterocycles. The molecule has 0 aliphatic heterocycles. The summed E-state index contributed by atoms with van der Waals surface area (Å²) in [6.07, 6.45) is 10.3. The maximum atomic E-state index is 12.4. The number of carbonyl (C=O) groups is 2. The van der Waals surface area contributed by atoms with Crippen molar-refractivity contribution in [2.45, 2.75) is 85.7 Å².